The zero-order valence-corrected chi connectivity index (χ0v) is 18.0. The SMILES string of the molecule is CN[C@@H]1CCN(c2nc(N)nc3c2OCC[C@@H](C)N3)C1.O=C(O)C(F)(F)F.O=C(O)C(F)(F)F. The third kappa shape index (κ3) is 8.95. The molecule has 0 bridgehead atoms. The van der Waals surface area contributed by atoms with Gasteiger partial charge in [0.1, 0.15) is 0 Å². The molecule has 17 heteroatoms. The minimum absolute atomic E-state index is 0.289. The molecule has 194 valence electrons. The molecule has 0 saturated carbocycles. The van der Waals surface area contributed by atoms with Crippen molar-refractivity contribution in [2.45, 2.75) is 44.2 Å². The highest BCUT2D eigenvalue weighted by atomic mass is 19.4. The number of carbonyl (C=O) groups is 2. The molecule has 1 saturated heterocycles. The zero-order valence-electron chi connectivity index (χ0n) is 18.0. The lowest BCUT2D eigenvalue weighted by molar-refractivity contribution is -0.193. The molecule has 0 amide bonds. The van der Waals surface area contributed by atoms with Gasteiger partial charge < -0.3 is 36.2 Å². The number of nitrogen functional groups attached to an aromatic ring is 1. The Morgan fingerprint density at radius 1 is 1.12 bits per heavy atom. The Labute approximate surface area is 189 Å². The maximum atomic E-state index is 10.6. The highest BCUT2D eigenvalue weighted by Gasteiger charge is 2.39. The molecule has 3 heterocycles. The van der Waals surface area contributed by atoms with Crippen molar-refractivity contribution in [3.8, 4) is 5.75 Å². The quantitative estimate of drug-likeness (QED) is 0.371. The summed E-state index contributed by atoms with van der Waals surface area (Å²) in [5.41, 5.74) is 5.85. The van der Waals surface area contributed by atoms with Crippen LogP contribution in [-0.2, 0) is 9.59 Å². The van der Waals surface area contributed by atoms with Gasteiger partial charge in [-0.1, -0.05) is 0 Å². The number of carboxylic acids is 2. The summed E-state index contributed by atoms with van der Waals surface area (Å²) in [6.07, 6.45) is -8.13. The van der Waals surface area contributed by atoms with Crippen molar-refractivity contribution in [2.75, 3.05) is 42.7 Å². The number of ether oxygens (including phenoxy) is 1. The lowest BCUT2D eigenvalue weighted by Gasteiger charge is -2.21. The van der Waals surface area contributed by atoms with Gasteiger partial charge in [-0.05, 0) is 20.4 Å². The molecule has 0 radical (unpaired) electrons. The Morgan fingerprint density at radius 3 is 2.09 bits per heavy atom. The number of alkyl halides is 6. The van der Waals surface area contributed by atoms with Gasteiger partial charge in [0.15, 0.2) is 11.6 Å². The first kappa shape index (κ1) is 28.8. The Balaban J connectivity index is 0.000000343. The number of likely N-dealkylation sites (N-methyl/N-ethyl adjacent to an activating group) is 1. The number of anilines is 3. The molecule has 3 rings (SSSR count). The number of nitrogens with zero attached hydrogens (tertiary/aromatic N) is 3. The summed E-state index contributed by atoms with van der Waals surface area (Å²) in [4.78, 5) is 28.7. The molecule has 34 heavy (non-hydrogen) atoms. The van der Waals surface area contributed by atoms with Crippen LogP contribution in [0.2, 0.25) is 0 Å². The van der Waals surface area contributed by atoms with Crippen LogP contribution in [0.15, 0.2) is 0 Å². The fourth-order valence-corrected chi connectivity index (χ4v) is 2.73. The summed E-state index contributed by atoms with van der Waals surface area (Å²) in [7, 11) is 1.99. The smallest absolute Gasteiger partial charge is 0.486 e. The van der Waals surface area contributed by atoms with Crippen LogP contribution < -0.4 is 26.0 Å². The lowest BCUT2D eigenvalue weighted by atomic mass is 10.2. The Hall–Kier alpha value is -3.24. The number of nitrogens with two attached hydrogens (primary N) is 1. The number of carboxylic acid groups (broad SMARTS) is 2. The van der Waals surface area contributed by atoms with E-state index in [0.29, 0.717) is 24.5 Å². The van der Waals surface area contributed by atoms with Crippen molar-refractivity contribution in [2.24, 2.45) is 0 Å². The van der Waals surface area contributed by atoms with E-state index < -0.39 is 24.3 Å². The molecule has 2 aliphatic heterocycles. The lowest BCUT2D eigenvalue weighted by Crippen LogP contribution is -2.30. The second kappa shape index (κ2) is 11.8. The first-order chi connectivity index (χ1) is 15.6. The van der Waals surface area contributed by atoms with Crippen molar-refractivity contribution < 1.29 is 50.9 Å². The molecule has 1 fully saturated rings. The molecule has 2 atom stereocenters. The van der Waals surface area contributed by atoms with Crippen molar-refractivity contribution in [3.63, 3.8) is 0 Å². The fraction of sp³-hybridized carbons (Fsp3) is 0.647. The highest BCUT2D eigenvalue weighted by Crippen LogP contribution is 2.37. The van der Waals surface area contributed by atoms with E-state index in [1.807, 2.05) is 7.05 Å². The van der Waals surface area contributed by atoms with Crippen LogP contribution in [0.3, 0.4) is 0 Å². The molecule has 1 aromatic rings. The zero-order chi connectivity index (χ0) is 26.3. The molecule has 11 nitrogen and oxygen atoms in total. The molecular formula is C17H24F6N6O5. The predicted octanol–water partition coefficient (Wildman–Crippen LogP) is 1.71. The Morgan fingerprint density at radius 2 is 1.65 bits per heavy atom. The van der Waals surface area contributed by atoms with E-state index in [1.54, 1.807) is 0 Å². The third-order valence-electron chi connectivity index (χ3n) is 4.43. The minimum atomic E-state index is -5.08. The van der Waals surface area contributed by atoms with Crippen molar-refractivity contribution in [1.82, 2.24) is 15.3 Å². The standard InChI is InChI=1S/C13H22N6O.2C2HF3O2/c1-8-4-6-20-10-11(16-8)17-13(14)18-12(10)19-5-3-9(7-19)15-2;2*3-2(4,5)1(6)7/h8-9,15H,3-7H2,1-2H3,(H3,14,16,17,18);2*(H,6,7)/t8-,9-;;/m1../s1. The monoisotopic (exact) mass is 506 g/mol. The molecule has 1 aromatic heterocycles. The van der Waals surface area contributed by atoms with Gasteiger partial charge in [0, 0.05) is 31.6 Å². The average molecular weight is 506 g/mol. The Kier molecular flexibility index (Phi) is 9.95. The molecule has 0 aromatic carbocycles. The topological polar surface area (TPSA) is 163 Å². The van der Waals surface area contributed by atoms with Crippen LogP contribution in [0.1, 0.15) is 19.8 Å². The summed E-state index contributed by atoms with van der Waals surface area (Å²) < 4.78 is 69.4. The van der Waals surface area contributed by atoms with Gasteiger partial charge in [-0.3, -0.25) is 0 Å². The van der Waals surface area contributed by atoms with Crippen molar-refractivity contribution in [3.05, 3.63) is 0 Å². The molecule has 0 aliphatic carbocycles. The molecule has 0 spiro atoms. The van der Waals surface area contributed by atoms with Gasteiger partial charge in [-0.15, -0.1) is 0 Å². The van der Waals surface area contributed by atoms with Crippen molar-refractivity contribution >= 4 is 29.5 Å². The second-order valence-electron chi connectivity index (χ2n) is 7.09. The first-order valence-electron chi connectivity index (χ1n) is 9.65. The van der Waals surface area contributed by atoms with Crippen LogP contribution in [0.4, 0.5) is 43.9 Å². The number of rotatable bonds is 2. The number of halogens is 6. The molecular weight excluding hydrogens is 482 g/mol. The van der Waals surface area contributed by atoms with E-state index in [1.165, 1.54) is 0 Å². The second-order valence-corrected chi connectivity index (χ2v) is 7.09. The number of aromatic nitrogens is 2. The maximum absolute atomic E-state index is 10.6. The summed E-state index contributed by atoms with van der Waals surface area (Å²) in [6, 6.07) is 0.807. The minimum Gasteiger partial charge on any atom is -0.486 e. The van der Waals surface area contributed by atoms with E-state index in [0.717, 1.165) is 37.5 Å². The fourth-order valence-electron chi connectivity index (χ4n) is 2.73. The number of hydrogen-bond acceptors (Lipinski definition) is 9. The number of aliphatic carboxylic acids is 2. The van der Waals surface area contributed by atoms with Crippen LogP contribution in [-0.4, -0.2) is 83.3 Å². The number of nitrogens with one attached hydrogen (secondary N) is 2. The highest BCUT2D eigenvalue weighted by molar-refractivity contribution is 5.73. The first-order valence-corrected chi connectivity index (χ1v) is 9.65. The predicted molar refractivity (Wildman–Crippen MR) is 107 cm³/mol. The van der Waals surface area contributed by atoms with Crippen molar-refractivity contribution in [1.29, 1.82) is 0 Å². The molecule has 6 N–H and O–H groups in total. The van der Waals surface area contributed by atoms with E-state index in [4.69, 9.17) is 30.3 Å². The summed E-state index contributed by atoms with van der Waals surface area (Å²) >= 11 is 0. The summed E-state index contributed by atoms with van der Waals surface area (Å²) in [5, 5.41) is 20.9. The van der Waals surface area contributed by atoms with Gasteiger partial charge in [0.2, 0.25) is 11.7 Å². The Bertz CT molecular complexity index is 829. The molecule has 2 aliphatic rings. The van der Waals surface area contributed by atoms with Gasteiger partial charge in [0.05, 0.1) is 6.61 Å². The normalized spacial score (nSPS) is 19.7. The van der Waals surface area contributed by atoms with Crippen LogP contribution >= 0.6 is 0 Å². The summed E-state index contributed by atoms with van der Waals surface area (Å²) in [5.74, 6) is -2.96. The van der Waals surface area contributed by atoms with Gasteiger partial charge in [-0.25, -0.2) is 9.59 Å². The van der Waals surface area contributed by atoms with Crippen LogP contribution in [0.25, 0.3) is 0 Å². The number of fused-ring (bicyclic) bond motifs is 1. The maximum Gasteiger partial charge on any atom is 0.490 e. The van der Waals surface area contributed by atoms with E-state index in [-0.39, 0.29) is 5.95 Å². The third-order valence-corrected chi connectivity index (χ3v) is 4.43. The summed E-state index contributed by atoms with van der Waals surface area (Å²) in [6.45, 7) is 4.65. The van der Waals surface area contributed by atoms with Gasteiger partial charge in [-0.2, -0.15) is 36.3 Å². The van der Waals surface area contributed by atoms with E-state index in [9.17, 15) is 26.3 Å². The van der Waals surface area contributed by atoms with Crippen LogP contribution in [0, 0.1) is 0 Å². The van der Waals surface area contributed by atoms with Gasteiger partial charge in [0.25, 0.3) is 0 Å². The largest absolute Gasteiger partial charge is 0.490 e. The molecule has 0 unspecified atom stereocenters. The average Bonchev–Trinajstić information content (AvgIpc) is 3.10. The van der Waals surface area contributed by atoms with Crippen LogP contribution in [0.5, 0.6) is 5.75 Å². The number of hydrogen-bond donors (Lipinski definition) is 5. The van der Waals surface area contributed by atoms with E-state index >= 15 is 0 Å². The van der Waals surface area contributed by atoms with Gasteiger partial charge >= 0.3 is 24.3 Å². The van der Waals surface area contributed by atoms with E-state index in [2.05, 4.69) is 32.4 Å².